The van der Waals surface area contributed by atoms with Gasteiger partial charge in [-0.15, -0.1) is 0 Å². The van der Waals surface area contributed by atoms with Crippen LogP contribution in [0.1, 0.15) is 17.2 Å². The second kappa shape index (κ2) is 12.4. The SMILES string of the molecule is O=C(NCc1cccnc1)Nc1ccc(C(ON(OCC(F)(F)F)S(=O)(=O)c2ccccc2)C(F)(F)F)cc1. The first-order chi connectivity index (χ1) is 18.3. The number of hydrogen-bond acceptors (Lipinski definition) is 6. The third-order valence-corrected chi connectivity index (χ3v) is 6.16. The standard InChI is InChI=1S/C23H20F6N4O5S/c24-22(25,26)15-37-33(39(35,36)19-6-2-1-3-7-19)38-20(23(27,28)29)17-8-10-18(11-9-17)32-21(34)31-14-16-5-4-12-30-13-16/h1-13,20H,14-15H2,(H2,31,32,34). The Balaban J connectivity index is 1.79. The summed E-state index contributed by atoms with van der Waals surface area (Å²) < 4.78 is 105. The highest BCUT2D eigenvalue weighted by atomic mass is 32.2. The van der Waals surface area contributed by atoms with Crippen LogP contribution in [-0.4, -0.2) is 43.0 Å². The fraction of sp³-hybridized carbons (Fsp3) is 0.217. The molecule has 2 N–H and O–H groups in total. The topological polar surface area (TPSA) is 110 Å². The number of anilines is 1. The molecule has 1 aromatic heterocycles. The maximum absolute atomic E-state index is 13.9. The molecule has 2 amide bonds. The van der Waals surface area contributed by atoms with Crippen LogP contribution in [0.15, 0.2) is 84.0 Å². The van der Waals surface area contributed by atoms with Crippen LogP contribution in [0.5, 0.6) is 0 Å². The van der Waals surface area contributed by atoms with Crippen molar-refractivity contribution in [2.24, 2.45) is 0 Å². The van der Waals surface area contributed by atoms with E-state index >= 15 is 0 Å². The normalized spacial score (nSPS) is 13.2. The number of hydrogen-bond donors (Lipinski definition) is 2. The Bertz CT molecular complexity index is 1330. The molecule has 0 saturated heterocycles. The number of amides is 2. The van der Waals surface area contributed by atoms with Crippen molar-refractivity contribution >= 4 is 21.7 Å². The molecule has 0 saturated carbocycles. The van der Waals surface area contributed by atoms with Crippen molar-refractivity contribution in [2.75, 3.05) is 11.9 Å². The number of halogens is 6. The van der Waals surface area contributed by atoms with Crippen LogP contribution in [0.4, 0.5) is 36.8 Å². The Morgan fingerprint density at radius 2 is 1.62 bits per heavy atom. The molecule has 0 aliphatic carbocycles. The van der Waals surface area contributed by atoms with Crippen molar-refractivity contribution in [2.45, 2.75) is 29.9 Å². The van der Waals surface area contributed by atoms with Gasteiger partial charge in [-0.3, -0.25) is 9.82 Å². The molecule has 0 aliphatic rings. The van der Waals surface area contributed by atoms with E-state index in [1.807, 2.05) is 0 Å². The zero-order valence-electron chi connectivity index (χ0n) is 19.6. The van der Waals surface area contributed by atoms with Gasteiger partial charge in [-0.1, -0.05) is 36.4 Å². The summed E-state index contributed by atoms with van der Waals surface area (Å²) in [6.07, 6.45) is -10.4. The lowest BCUT2D eigenvalue weighted by Crippen LogP contribution is -2.39. The highest BCUT2D eigenvalue weighted by Crippen LogP contribution is 2.38. The maximum atomic E-state index is 13.9. The summed E-state index contributed by atoms with van der Waals surface area (Å²) in [6, 6.07) is 12.2. The van der Waals surface area contributed by atoms with E-state index < -0.39 is 56.2 Å². The highest BCUT2D eigenvalue weighted by molar-refractivity contribution is 7.88. The van der Waals surface area contributed by atoms with Crippen molar-refractivity contribution < 1.29 is 49.2 Å². The molecule has 210 valence electrons. The van der Waals surface area contributed by atoms with Gasteiger partial charge in [0.05, 0.1) is 9.53 Å². The molecule has 1 unspecified atom stereocenters. The van der Waals surface area contributed by atoms with Gasteiger partial charge < -0.3 is 10.6 Å². The van der Waals surface area contributed by atoms with Gasteiger partial charge in [-0.05, 0) is 41.5 Å². The van der Waals surface area contributed by atoms with Gasteiger partial charge in [-0.25, -0.2) is 18.0 Å². The molecule has 16 heteroatoms. The second-order valence-corrected chi connectivity index (χ2v) is 9.44. The number of rotatable bonds is 10. The molecular weight excluding hydrogens is 558 g/mol. The molecule has 1 atom stereocenters. The van der Waals surface area contributed by atoms with Crippen molar-refractivity contribution in [3.63, 3.8) is 0 Å². The number of benzene rings is 2. The van der Waals surface area contributed by atoms with Crippen molar-refractivity contribution in [3.8, 4) is 0 Å². The van der Waals surface area contributed by atoms with Gasteiger partial charge in [0.15, 0.2) is 6.61 Å². The predicted octanol–water partition coefficient (Wildman–Crippen LogP) is 5.12. The number of pyridine rings is 1. The molecule has 3 rings (SSSR count). The van der Waals surface area contributed by atoms with Crippen LogP contribution in [0.25, 0.3) is 0 Å². The summed E-state index contributed by atoms with van der Waals surface area (Å²) in [6.45, 7) is -2.13. The number of carbonyl (C=O) groups excluding carboxylic acids is 1. The van der Waals surface area contributed by atoms with Gasteiger partial charge in [-0.2, -0.15) is 26.3 Å². The Kier molecular flexibility index (Phi) is 9.49. The van der Waals surface area contributed by atoms with Crippen molar-refractivity contribution in [1.29, 1.82) is 0 Å². The van der Waals surface area contributed by atoms with Crippen molar-refractivity contribution in [1.82, 2.24) is 14.9 Å². The minimum absolute atomic E-state index is 0.0606. The maximum Gasteiger partial charge on any atom is 0.421 e. The summed E-state index contributed by atoms with van der Waals surface area (Å²) >= 11 is 0. The molecule has 0 aliphatic heterocycles. The Morgan fingerprint density at radius 1 is 0.949 bits per heavy atom. The summed E-state index contributed by atoms with van der Waals surface area (Å²) in [7, 11) is -5.12. The average molecular weight is 578 g/mol. The third kappa shape index (κ3) is 8.91. The van der Waals surface area contributed by atoms with E-state index in [1.54, 1.807) is 18.3 Å². The molecular formula is C23H20F6N4O5S. The summed E-state index contributed by atoms with van der Waals surface area (Å²) in [5.41, 5.74) is 0.0639. The Morgan fingerprint density at radius 3 is 2.18 bits per heavy atom. The zero-order chi connectivity index (χ0) is 28.7. The number of aromatic nitrogens is 1. The van der Waals surface area contributed by atoms with Crippen LogP contribution < -0.4 is 10.6 Å². The minimum Gasteiger partial charge on any atom is -0.334 e. The predicted molar refractivity (Wildman–Crippen MR) is 124 cm³/mol. The number of carbonyl (C=O) groups is 1. The third-order valence-electron chi connectivity index (χ3n) is 4.71. The first kappa shape index (κ1) is 29.8. The van der Waals surface area contributed by atoms with E-state index in [-0.39, 0.29) is 12.2 Å². The minimum atomic E-state index is -5.29. The van der Waals surface area contributed by atoms with E-state index in [0.29, 0.717) is 5.56 Å². The summed E-state index contributed by atoms with van der Waals surface area (Å²) in [5, 5.41) is 4.91. The fourth-order valence-electron chi connectivity index (χ4n) is 2.96. The number of sulfonamides is 1. The second-order valence-electron chi connectivity index (χ2n) is 7.72. The first-order valence-corrected chi connectivity index (χ1v) is 12.3. The van der Waals surface area contributed by atoms with E-state index in [4.69, 9.17) is 0 Å². The Hall–Kier alpha value is -3.73. The van der Waals surface area contributed by atoms with Crippen LogP contribution in [-0.2, 0) is 26.2 Å². The number of nitrogens with zero attached hydrogens (tertiary/aromatic N) is 2. The first-order valence-electron chi connectivity index (χ1n) is 10.8. The molecule has 0 radical (unpaired) electrons. The van der Waals surface area contributed by atoms with Gasteiger partial charge in [0, 0.05) is 24.6 Å². The van der Waals surface area contributed by atoms with Crippen LogP contribution in [0.2, 0.25) is 0 Å². The molecule has 2 aromatic carbocycles. The van der Waals surface area contributed by atoms with E-state index in [9.17, 15) is 39.6 Å². The van der Waals surface area contributed by atoms with Gasteiger partial charge in [0.25, 0.3) is 10.0 Å². The molecule has 9 nitrogen and oxygen atoms in total. The molecule has 0 bridgehead atoms. The monoisotopic (exact) mass is 578 g/mol. The largest absolute Gasteiger partial charge is 0.421 e. The lowest BCUT2D eigenvalue weighted by atomic mass is 10.1. The van der Waals surface area contributed by atoms with E-state index in [0.717, 1.165) is 36.4 Å². The van der Waals surface area contributed by atoms with Gasteiger partial charge in [0.2, 0.25) is 6.10 Å². The fourth-order valence-corrected chi connectivity index (χ4v) is 4.02. The summed E-state index contributed by atoms with van der Waals surface area (Å²) in [4.78, 5) is 23.9. The smallest absolute Gasteiger partial charge is 0.334 e. The number of urea groups is 1. The average Bonchev–Trinajstić information content (AvgIpc) is 2.88. The van der Waals surface area contributed by atoms with Crippen molar-refractivity contribution in [3.05, 3.63) is 90.3 Å². The van der Waals surface area contributed by atoms with Crippen LogP contribution in [0, 0.1) is 0 Å². The van der Waals surface area contributed by atoms with Crippen LogP contribution >= 0.6 is 0 Å². The number of alkyl halides is 6. The molecule has 0 spiro atoms. The lowest BCUT2D eigenvalue weighted by Gasteiger charge is -2.27. The Labute approximate surface area is 218 Å². The molecule has 0 fully saturated rings. The van der Waals surface area contributed by atoms with Crippen LogP contribution in [0.3, 0.4) is 0 Å². The molecule has 1 heterocycles. The van der Waals surface area contributed by atoms with E-state index in [1.165, 1.54) is 24.4 Å². The lowest BCUT2D eigenvalue weighted by molar-refractivity contribution is -0.386. The zero-order valence-corrected chi connectivity index (χ0v) is 20.4. The highest BCUT2D eigenvalue weighted by Gasteiger charge is 2.47. The quantitative estimate of drug-likeness (QED) is 0.255. The molecule has 39 heavy (non-hydrogen) atoms. The number of nitrogens with one attached hydrogen (secondary N) is 2. The molecule has 3 aromatic rings. The van der Waals surface area contributed by atoms with Gasteiger partial charge >= 0.3 is 18.4 Å². The van der Waals surface area contributed by atoms with Gasteiger partial charge in [0.1, 0.15) is 0 Å². The summed E-state index contributed by atoms with van der Waals surface area (Å²) in [5.74, 6) is 0. The van der Waals surface area contributed by atoms with E-state index in [2.05, 4.69) is 25.3 Å².